The zero-order valence-corrected chi connectivity index (χ0v) is 28.0. The molecule has 0 aliphatic rings. The number of rotatable bonds is 8. The predicted molar refractivity (Wildman–Crippen MR) is 155 cm³/mol. The van der Waals surface area contributed by atoms with Crippen molar-refractivity contribution >= 4 is 28.9 Å². The van der Waals surface area contributed by atoms with Crippen LogP contribution in [0, 0.1) is 6.92 Å². The zero-order valence-electron chi connectivity index (χ0n) is 23.7. The van der Waals surface area contributed by atoms with Gasteiger partial charge in [-0.25, -0.2) is 0 Å². The molecule has 0 bridgehead atoms. The maximum absolute atomic E-state index is 13.1. The van der Waals surface area contributed by atoms with Crippen molar-refractivity contribution in [3.05, 3.63) is 93.9 Å². The minimum atomic E-state index is -0.170. The number of amides is 1. The summed E-state index contributed by atoms with van der Waals surface area (Å²) in [4.78, 5) is 30.4. The molecular formula is C30H34I2N6O2-2. The van der Waals surface area contributed by atoms with Crippen molar-refractivity contribution in [3.8, 4) is 11.1 Å². The van der Waals surface area contributed by atoms with Crippen molar-refractivity contribution < 1.29 is 47.8 Å². The molecule has 0 radical (unpaired) electrons. The fraction of sp³-hybridized carbons (Fsp3) is 0.267. The Bertz CT molecular complexity index is 1560. The molecule has 2 aromatic heterocycles. The van der Waals surface area contributed by atoms with Gasteiger partial charge in [0.2, 0.25) is 0 Å². The van der Waals surface area contributed by atoms with E-state index in [-0.39, 0.29) is 59.8 Å². The molecule has 10 heteroatoms. The van der Waals surface area contributed by atoms with Crippen LogP contribution in [-0.2, 0) is 12.5 Å². The molecule has 1 amide bonds. The summed E-state index contributed by atoms with van der Waals surface area (Å²) < 4.78 is 3.87. The van der Waals surface area contributed by atoms with E-state index < -0.39 is 0 Å². The number of anilines is 4. The molecule has 0 fully saturated rings. The molecule has 0 unspecified atom stereocenters. The van der Waals surface area contributed by atoms with Crippen LogP contribution in [0.1, 0.15) is 42.3 Å². The average Bonchev–Trinajstić information content (AvgIpc) is 2.93. The van der Waals surface area contributed by atoms with E-state index in [9.17, 15) is 9.59 Å². The van der Waals surface area contributed by atoms with Gasteiger partial charge in [-0.1, -0.05) is 32.9 Å². The topological polar surface area (TPSA) is 92.2 Å². The van der Waals surface area contributed by atoms with Crippen LogP contribution >= 0.6 is 0 Å². The predicted octanol–water partition coefficient (Wildman–Crippen LogP) is -0.482. The van der Waals surface area contributed by atoms with Gasteiger partial charge in [-0.15, -0.1) is 0 Å². The fourth-order valence-electron chi connectivity index (χ4n) is 4.21. The van der Waals surface area contributed by atoms with Gasteiger partial charge in [0.1, 0.15) is 0 Å². The number of hydrogen-bond acceptors (Lipinski definition) is 6. The van der Waals surface area contributed by atoms with E-state index in [2.05, 4.69) is 52.8 Å². The Labute approximate surface area is 256 Å². The van der Waals surface area contributed by atoms with Crippen molar-refractivity contribution in [1.29, 1.82) is 0 Å². The summed E-state index contributed by atoms with van der Waals surface area (Å²) in [7, 11) is 1.72. The molecule has 212 valence electrons. The van der Waals surface area contributed by atoms with Gasteiger partial charge in [0, 0.05) is 5.56 Å². The third-order valence-corrected chi connectivity index (χ3v) is 14.0. The summed E-state index contributed by atoms with van der Waals surface area (Å²) in [6, 6.07) is 19.1. The molecule has 0 spiro atoms. The number of halogens is 2. The second-order valence-corrected chi connectivity index (χ2v) is 16.0. The fourth-order valence-corrected chi connectivity index (χ4v) is 8.52. The quantitative estimate of drug-likeness (QED) is 0.143. The minimum absolute atomic E-state index is 0.0208. The van der Waals surface area contributed by atoms with Crippen LogP contribution in [0.5, 0.6) is 0 Å². The number of carbonyl (C=O) groups excluding carboxylic acids is 1. The van der Waals surface area contributed by atoms with Gasteiger partial charge in [-0.05, 0) is 29.2 Å². The van der Waals surface area contributed by atoms with E-state index in [1.165, 1.54) is 5.56 Å². The van der Waals surface area contributed by atoms with Crippen LogP contribution in [0.4, 0.5) is 23.0 Å². The molecular weight excluding hydrogens is 730 g/mol. The zero-order chi connectivity index (χ0) is 29.0. The van der Waals surface area contributed by atoms with E-state index in [0.717, 1.165) is 22.5 Å². The van der Waals surface area contributed by atoms with Crippen LogP contribution in [0.3, 0.4) is 0 Å². The van der Waals surface area contributed by atoms with E-state index in [1.54, 1.807) is 17.8 Å². The molecule has 4 aromatic rings. The summed E-state index contributed by atoms with van der Waals surface area (Å²) in [6.45, 7) is 8.41. The standard InChI is InChI=1S/C30H34I2N6O2/c1-19-23(9-8-10-24(19)34-28(39)20-11-13-22(14-12-20)30(2,3)4)21-17-25(29(40)37(7)18-21)33-26-15-16-27(36-35-26)38(31-5)32-6/h8-18H,1-7H3,(H,33,35)(H,34,39)/q-2. The Balaban J connectivity index is 1.59. The Hall–Kier alpha value is -3.00. The Morgan fingerprint density at radius 2 is 1.65 bits per heavy atom. The van der Waals surface area contributed by atoms with Crippen molar-refractivity contribution in [2.24, 2.45) is 7.05 Å². The summed E-state index contributed by atoms with van der Waals surface area (Å²) in [5.41, 5.74) is 5.40. The molecule has 4 rings (SSSR count). The first-order valence-electron chi connectivity index (χ1n) is 12.6. The van der Waals surface area contributed by atoms with Gasteiger partial charge < -0.3 is 5.32 Å². The summed E-state index contributed by atoms with van der Waals surface area (Å²) in [5.74, 6) is 1.23. The van der Waals surface area contributed by atoms with Crippen LogP contribution in [0.25, 0.3) is 11.1 Å². The maximum atomic E-state index is 13.1. The van der Waals surface area contributed by atoms with Gasteiger partial charge in [0.25, 0.3) is 5.91 Å². The first-order valence-corrected chi connectivity index (χ1v) is 18.9. The van der Waals surface area contributed by atoms with Crippen molar-refractivity contribution in [3.63, 3.8) is 0 Å². The molecule has 0 saturated carbocycles. The summed E-state index contributed by atoms with van der Waals surface area (Å²) in [6.07, 6.45) is 1.80. The van der Waals surface area contributed by atoms with E-state index in [1.807, 2.05) is 67.6 Å². The first kappa shape index (κ1) is 30.0. The second kappa shape index (κ2) is 12.7. The number of hydrogen-bond donors (Lipinski definition) is 2. The van der Waals surface area contributed by atoms with Gasteiger partial charge in [0.05, 0.1) is 0 Å². The van der Waals surface area contributed by atoms with E-state index in [4.69, 9.17) is 0 Å². The molecule has 0 aliphatic carbocycles. The number of nitrogens with one attached hydrogen (secondary N) is 2. The summed E-state index contributed by atoms with van der Waals surface area (Å²) >= 11 is -0.177. The van der Waals surface area contributed by atoms with Crippen LogP contribution in [0.2, 0.25) is 0 Å². The molecule has 8 nitrogen and oxygen atoms in total. The molecule has 2 aromatic carbocycles. The molecule has 0 saturated heterocycles. The third-order valence-electron chi connectivity index (χ3n) is 6.47. The summed E-state index contributed by atoms with van der Waals surface area (Å²) in [5, 5.41) is 14.9. The SMILES string of the molecule is C[I-]N([I-]C)c1ccc(Nc2cc(-c3cccc(NC(=O)c4ccc(C(C)(C)C)cc4)c3C)cn(C)c2=O)nn1. The van der Waals surface area contributed by atoms with Crippen molar-refractivity contribution in [1.82, 2.24) is 14.8 Å². The number of benzene rings is 2. The monoisotopic (exact) mass is 764 g/mol. The molecule has 40 heavy (non-hydrogen) atoms. The van der Waals surface area contributed by atoms with Crippen molar-refractivity contribution in [2.45, 2.75) is 33.1 Å². The average molecular weight is 764 g/mol. The molecule has 2 N–H and O–H groups in total. The van der Waals surface area contributed by atoms with Crippen LogP contribution in [-0.4, -0.2) is 30.5 Å². The normalized spacial score (nSPS) is 11.5. The number of pyridine rings is 1. The van der Waals surface area contributed by atoms with Gasteiger partial charge in [-0.3, -0.25) is 4.79 Å². The number of aromatic nitrogens is 3. The number of nitrogens with zero attached hydrogens (tertiary/aromatic N) is 4. The molecule has 0 aliphatic heterocycles. The van der Waals surface area contributed by atoms with Gasteiger partial charge in [-0.2, -0.15) is 0 Å². The van der Waals surface area contributed by atoms with E-state index in [0.29, 0.717) is 22.8 Å². The Morgan fingerprint density at radius 1 is 0.950 bits per heavy atom. The molecule has 2 heterocycles. The van der Waals surface area contributed by atoms with Gasteiger partial charge in [0.15, 0.2) is 0 Å². The number of aryl methyl sites for hydroxylation is 1. The van der Waals surface area contributed by atoms with Crippen LogP contribution < -0.4 is 60.5 Å². The van der Waals surface area contributed by atoms with Crippen LogP contribution in [0.15, 0.2) is 71.7 Å². The molecule has 0 atom stereocenters. The third kappa shape index (κ3) is 6.82. The first-order chi connectivity index (χ1) is 19.0. The number of alkyl halides is 2. The number of carbonyl (C=O) groups is 1. The van der Waals surface area contributed by atoms with E-state index >= 15 is 0 Å². The Kier molecular flexibility index (Phi) is 9.49. The second-order valence-electron chi connectivity index (χ2n) is 10.3. The Morgan fingerprint density at radius 3 is 2.25 bits per heavy atom. The van der Waals surface area contributed by atoms with Crippen molar-refractivity contribution in [2.75, 3.05) is 21.8 Å². The van der Waals surface area contributed by atoms with Gasteiger partial charge >= 0.3 is 175 Å².